The second kappa shape index (κ2) is 4.39. The lowest BCUT2D eigenvalue weighted by molar-refractivity contribution is 1.01. The predicted molar refractivity (Wildman–Crippen MR) is 69.1 cm³/mol. The van der Waals surface area contributed by atoms with Gasteiger partial charge in [0.2, 0.25) is 0 Å². The number of nitrogens with two attached hydrogens (primary N) is 1. The van der Waals surface area contributed by atoms with Gasteiger partial charge in [-0.2, -0.15) is 0 Å². The monoisotopic (exact) mass is 279 g/mol. The van der Waals surface area contributed by atoms with E-state index in [2.05, 4.69) is 57.9 Å². The Hall–Kier alpha value is -1.13. The summed E-state index contributed by atoms with van der Waals surface area (Å²) in [6, 6.07) is 6.31. The van der Waals surface area contributed by atoms with Gasteiger partial charge in [0, 0.05) is 12.1 Å². The molecule has 0 amide bonds. The Bertz CT molecular complexity index is 517. The summed E-state index contributed by atoms with van der Waals surface area (Å²) in [6.45, 7) is 4.66. The topological polar surface area (TPSA) is 54.7 Å². The highest BCUT2D eigenvalue weighted by molar-refractivity contribution is 9.10. The molecular weight excluding hydrogens is 266 g/mol. The van der Waals surface area contributed by atoms with Gasteiger partial charge in [0.1, 0.15) is 0 Å². The summed E-state index contributed by atoms with van der Waals surface area (Å²) in [5.74, 6) is 0. The number of aromatic amines is 1. The van der Waals surface area contributed by atoms with E-state index >= 15 is 0 Å². The minimum atomic E-state index is 0.459. The highest BCUT2D eigenvalue weighted by Crippen LogP contribution is 2.25. The van der Waals surface area contributed by atoms with E-state index in [0.717, 1.165) is 21.7 Å². The Labute approximate surface area is 103 Å². The number of H-pyrrole nitrogens is 1. The van der Waals surface area contributed by atoms with Crippen LogP contribution in [-0.2, 0) is 6.54 Å². The molecule has 0 bridgehead atoms. The quantitative estimate of drug-likeness (QED) is 0.888. The molecule has 0 aliphatic heterocycles. The van der Waals surface area contributed by atoms with Gasteiger partial charge in [-0.15, -0.1) is 0 Å². The number of aromatic nitrogens is 2. The molecule has 2 rings (SSSR count). The molecule has 1 aromatic heterocycles. The second-order valence-electron chi connectivity index (χ2n) is 3.86. The van der Waals surface area contributed by atoms with Gasteiger partial charge in [0.15, 0.2) is 4.73 Å². The molecule has 0 saturated carbocycles. The van der Waals surface area contributed by atoms with Crippen LogP contribution in [0, 0.1) is 13.8 Å². The number of imidazole rings is 1. The fraction of sp³-hybridized carbons (Fsp3) is 0.250. The summed E-state index contributed by atoms with van der Waals surface area (Å²) in [6.07, 6.45) is 0. The van der Waals surface area contributed by atoms with Gasteiger partial charge in [0.25, 0.3) is 0 Å². The SMILES string of the molecule is Cc1ccc(-c2nc(Br)[nH]c2CN)cc1C. The Morgan fingerprint density at radius 3 is 2.69 bits per heavy atom. The summed E-state index contributed by atoms with van der Waals surface area (Å²) >= 11 is 3.33. The molecule has 0 unspecified atom stereocenters. The van der Waals surface area contributed by atoms with Crippen LogP contribution in [0.4, 0.5) is 0 Å². The van der Waals surface area contributed by atoms with Crippen LogP contribution in [-0.4, -0.2) is 9.97 Å². The minimum Gasteiger partial charge on any atom is -0.335 e. The number of hydrogen-bond donors (Lipinski definition) is 2. The van der Waals surface area contributed by atoms with Gasteiger partial charge in [-0.1, -0.05) is 12.1 Å². The van der Waals surface area contributed by atoms with E-state index in [-0.39, 0.29) is 0 Å². The zero-order valence-corrected chi connectivity index (χ0v) is 10.9. The zero-order valence-electron chi connectivity index (χ0n) is 9.34. The van der Waals surface area contributed by atoms with Crippen LogP contribution >= 0.6 is 15.9 Å². The molecule has 2 aromatic rings. The van der Waals surface area contributed by atoms with Crippen LogP contribution in [0.15, 0.2) is 22.9 Å². The normalized spacial score (nSPS) is 10.8. The van der Waals surface area contributed by atoms with Crippen LogP contribution < -0.4 is 5.73 Å². The summed E-state index contributed by atoms with van der Waals surface area (Å²) in [7, 11) is 0. The Morgan fingerprint density at radius 1 is 1.31 bits per heavy atom. The summed E-state index contributed by atoms with van der Waals surface area (Å²) in [5.41, 5.74) is 11.2. The molecule has 0 fully saturated rings. The first-order valence-corrected chi connectivity index (χ1v) is 5.93. The minimum absolute atomic E-state index is 0.459. The molecule has 16 heavy (non-hydrogen) atoms. The molecule has 0 atom stereocenters. The third kappa shape index (κ3) is 2.03. The van der Waals surface area contributed by atoms with Crippen molar-refractivity contribution in [3.8, 4) is 11.3 Å². The van der Waals surface area contributed by atoms with Crippen LogP contribution in [0.2, 0.25) is 0 Å². The molecule has 0 aliphatic rings. The number of nitrogens with zero attached hydrogens (tertiary/aromatic N) is 1. The van der Waals surface area contributed by atoms with Crippen LogP contribution in [0.5, 0.6) is 0 Å². The van der Waals surface area contributed by atoms with Crippen molar-refractivity contribution in [2.24, 2.45) is 5.73 Å². The number of nitrogens with one attached hydrogen (secondary N) is 1. The van der Waals surface area contributed by atoms with Crippen molar-refractivity contribution in [2.75, 3.05) is 0 Å². The largest absolute Gasteiger partial charge is 0.335 e. The van der Waals surface area contributed by atoms with Crippen molar-refractivity contribution in [1.82, 2.24) is 9.97 Å². The van der Waals surface area contributed by atoms with Crippen molar-refractivity contribution in [1.29, 1.82) is 0 Å². The van der Waals surface area contributed by atoms with Crippen molar-refractivity contribution < 1.29 is 0 Å². The number of halogens is 1. The molecular formula is C12H14BrN3. The maximum Gasteiger partial charge on any atom is 0.175 e. The average molecular weight is 280 g/mol. The van der Waals surface area contributed by atoms with Crippen molar-refractivity contribution in [2.45, 2.75) is 20.4 Å². The third-order valence-corrected chi connectivity index (χ3v) is 3.11. The highest BCUT2D eigenvalue weighted by Gasteiger charge is 2.10. The van der Waals surface area contributed by atoms with Gasteiger partial charge >= 0.3 is 0 Å². The standard InChI is InChI=1S/C12H14BrN3/c1-7-3-4-9(5-8(7)2)11-10(6-14)15-12(13)16-11/h3-5H,6,14H2,1-2H3,(H,15,16). The number of benzene rings is 1. The lowest BCUT2D eigenvalue weighted by atomic mass is 10.0. The third-order valence-electron chi connectivity index (χ3n) is 2.73. The van der Waals surface area contributed by atoms with Gasteiger partial charge in [-0.3, -0.25) is 0 Å². The lowest BCUT2D eigenvalue weighted by Gasteiger charge is -2.04. The molecule has 3 N–H and O–H groups in total. The van der Waals surface area contributed by atoms with Crippen LogP contribution in [0.25, 0.3) is 11.3 Å². The van der Waals surface area contributed by atoms with E-state index in [1.807, 2.05) is 0 Å². The zero-order chi connectivity index (χ0) is 11.7. The lowest BCUT2D eigenvalue weighted by Crippen LogP contribution is -1.98. The van der Waals surface area contributed by atoms with Crippen molar-refractivity contribution in [3.63, 3.8) is 0 Å². The van der Waals surface area contributed by atoms with Crippen molar-refractivity contribution in [3.05, 3.63) is 39.8 Å². The van der Waals surface area contributed by atoms with Gasteiger partial charge in [-0.25, -0.2) is 4.98 Å². The first-order chi connectivity index (χ1) is 7.61. The predicted octanol–water partition coefficient (Wildman–Crippen LogP) is 2.91. The van der Waals surface area contributed by atoms with E-state index in [4.69, 9.17) is 5.73 Å². The molecule has 4 heteroatoms. The number of rotatable bonds is 2. The Balaban J connectivity index is 2.53. The summed E-state index contributed by atoms with van der Waals surface area (Å²) in [5, 5.41) is 0. The van der Waals surface area contributed by atoms with Gasteiger partial charge < -0.3 is 10.7 Å². The maximum absolute atomic E-state index is 5.68. The molecule has 0 aliphatic carbocycles. The van der Waals surface area contributed by atoms with Crippen LogP contribution in [0.3, 0.4) is 0 Å². The first kappa shape index (κ1) is 11.4. The van der Waals surface area contributed by atoms with E-state index in [0.29, 0.717) is 6.54 Å². The number of hydrogen-bond acceptors (Lipinski definition) is 2. The van der Waals surface area contributed by atoms with E-state index in [1.165, 1.54) is 11.1 Å². The fourth-order valence-electron chi connectivity index (χ4n) is 1.65. The Kier molecular flexibility index (Phi) is 3.12. The maximum atomic E-state index is 5.68. The molecule has 3 nitrogen and oxygen atoms in total. The second-order valence-corrected chi connectivity index (χ2v) is 4.61. The van der Waals surface area contributed by atoms with Crippen LogP contribution in [0.1, 0.15) is 16.8 Å². The highest BCUT2D eigenvalue weighted by atomic mass is 79.9. The summed E-state index contributed by atoms with van der Waals surface area (Å²) < 4.78 is 0.723. The summed E-state index contributed by atoms with van der Waals surface area (Å²) in [4.78, 5) is 7.51. The molecule has 0 spiro atoms. The van der Waals surface area contributed by atoms with Gasteiger partial charge in [0.05, 0.1) is 11.4 Å². The van der Waals surface area contributed by atoms with E-state index in [9.17, 15) is 0 Å². The molecule has 1 heterocycles. The molecule has 0 saturated heterocycles. The average Bonchev–Trinajstić information content (AvgIpc) is 2.63. The fourth-order valence-corrected chi connectivity index (χ4v) is 2.07. The molecule has 1 aromatic carbocycles. The molecule has 0 radical (unpaired) electrons. The Morgan fingerprint density at radius 2 is 2.06 bits per heavy atom. The van der Waals surface area contributed by atoms with Gasteiger partial charge in [-0.05, 0) is 47.0 Å². The first-order valence-electron chi connectivity index (χ1n) is 5.14. The number of aryl methyl sites for hydroxylation is 2. The van der Waals surface area contributed by atoms with E-state index in [1.54, 1.807) is 0 Å². The van der Waals surface area contributed by atoms with E-state index < -0.39 is 0 Å². The smallest absolute Gasteiger partial charge is 0.175 e. The van der Waals surface area contributed by atoms with Crippen molar-refractivity contribution >= 4 is 15.9 Å². The molecule has 84 valence electrons.